The summed E-state index contributed by atoms with van der Waals surface area (Å²) in [5.74, 6) is 0.129. The second kappa shape index (κ2) is 9.06. The Balaban J connectivity index is 1.45. The molecule has 3 rings (SSSR count). The van der Waals surface area contributed by atoms with Gasteiger partial charge in [0.2, 0.25) is 5.91 Å². The van der Waals surface area contributed by atoms with Crippen LogP contribution < -0.4 is 0 Å². The fourth-order valence-corrected chi connectivity index (χ4v) is 3.91. The van der Waals surface area contributed by atoms with E-state index in [1.807, 2.05) is 24.6 Å². The third kappa shape index (κ3) is 5.61. The minimum absolute atomic E-state index is 0.129. The summed E-state index contributed by atoms with van der Waals surface area (Å²) >= 11 is 1.68. The van der Waals surface area contributed by atoms with Crippen molar-refractivity contribution in [1.29, 1.82) is 0 Å². The first-order chi connectivity index (χ1) is 12.2. The Morgan fingerprint density at radius 2 is 2.00 bits per heavy atom. The largest absolute Gasteiger partial charge is 0.345 e. The molecule has 2 aromatic heterocycles. The third-order valence-corrected chi connectivity index (χ3v) is 5.53. The van der Waals surface area contributed by atoms with Crippen molar-refractivity contribution in [3.63, 3.8) is 0 Å². The molecule has 0 saturated carbocycles. The molecular weight excluding hydrogens is 332 g/mol. The number of likely N-dealkylation sites (N-methyl/N-ethyl adjacent to an activating group) is 1. The van der Waals surface area contributed by atoms with Crippen LogP contribution >= 0.6 is 11.3 Å². The normalized spacial score (nSPS) is 15.2. The van der Waals surface area contributed by atoms with Crippen molar-refractivity contribution in [2.75, 3.05) is 26.7 Å². The average Bonchev–Trinajstić information content (AvgIpc) is 3.08. The first-order valence-electron chi connectivity index (χ1n) is 8.99. The minimum atomic E-state index is 0.129. The van der Waals surface area contributed by atoms with E-state index >= 15 is 0 Å². The summed E-state index contributed by atoms with van der Waals surface area (Å²) in [7, 11) is 1.87. The van der Waals surface area contributed by atoms with Crippen molar-refractivity contribution >= 4 is 17.2 Å². The molecule has 0 N–H and O–H groups in total. The summed E-state index contributed by atoms with van der Waals surface area (Å²) in [5, 5.41) is 3.16. The molecule has 5 nitrogen and oxygen atoms in total. The van der Waals surface area contributed by atoms with Gasteiger partial charge >= 0.3 is 0 Å². The van der Waals surface area contributed by atoms with E-state index in [1.165, 1.54) is 37.9 Å². The van der Waals surface area contributed by atoms with Crippen LogP contribution in [0.25, 0.3) is 0 Å². The fraction of sp³-hybridized carbons (Fsp3) is 0.526. The summed E-state index contributed by atoms with van der Waals surface area (Å²) in [4.78, 5) is 25.3. The summed E-state index contributed by atoms with van der Waals surface area (Å²) in [6, 6.07) is 3.98. The lowest BCUT2D eigenvalue weighted by molar-refractivity contribution is -0.129. The van der Waals surface area contributed by atoms with E-state index in [1.54, 1.807) is 28.6 Å². The van der Waals surface area contributed by atoms with Gasteiger partial charge in [0.25, 0.3) is 0 Å². The Kier molecular flexibility index (Phi) is 6.53. The van der Waals surface area contributed by atoms with Gasteiger partial charge in [-0.25, -0.2) is 4.98 Å². The lowest BCUT2D eigenvalue weighted by atomic mass is 10.1. The van der Waals surface area contributed by atoms with Gasteiger partial charge in [0.05, 0.1) is 18.7 Å². The van der Waals surface area contributed by atoms with Gasteiger partial charge in [0.1, 0.15) is 5.01 Å². The molecule has 0 bridgehead atoms. The van der Waals surface area contributed by atoms with Gasteiger partial charge in [-0.1, -0.05) is 6.42 Å². The number of hydrogen-bond acceptors (Lipinski definition) is 5. The lowest BCUT2D eigenvalue weighted by Crippen LogP contribution is -2.30. The van der Waals surface area contributed by atoms with Gasteiger partial charge in [-0.15, -0.1) is 11.3 Å². The first-order valence-corrected chi connectivity index (χ1v) is 9.87. The molecule has 0 aromatic carbocycles. The van der Waals surface area contributed by atoms with Gasteiger partial charge in [-0.2, -0.15) is 0 Å². The van der Waals surface area contributed by atoms with E-state index in [4.69, 9.17) is 0 Å². The Hall–Kier alpha value is -1.79. The van der Waals surface area contributed by atoms with Gasteiger partial charge in [-0.3, -0.25) is 14.7 Å². The zero-order valence-corrected chi connectivity index (χ0v) is 15.7. The molecule has 134 valence electrons. The Morgan fingerprint density at radius 3 is 2.76 bits per heavy atom. The van der Waals surface area contributed by atoms with Crippen molar-refractivity contribution < 1.29 is 4.79 Å². The van der Waals surface area contributed by atoms with Crippen LogP contribution in [0.3, 0.4) is 0 Å². The van der Waals surface area contributed by atoms with Crippen molar-refractivity contribution in [3.05, 3.63) is 46.2 Å². The molecular formula is C19H26N4OS. The third-order valence-electron chi connectivity index (χ3n) is 4.65. The molecule has 25 heavy (non-hydrogen) atoms. The SMILES string of the molecule is CN(CCc1ccncc1)C(=O)Cc1csc(CN2CCCCC2)n1. The monoisotopic (exact) mass is 358 g/mol. The Morgan fingerprint density at radius 1 is 1.24 bits per heavy atom. The number of piperidine rings is 1. The van der Waals surface area contributed by atoms with Crippen molar-refractivity contribution in [2.24, 2.45) is 0 Å². The number of nitrogens with zero attached hydrogens (tertiary/aromatic N) is 4. The van der Waals surface area contributed by atoms with E-state index in [9.17, 15) is 4.79 Å². The van der Waals surface area contributed by atoms with Crippen molar-refractivity contribution in [2.45, 2.75) is 38.6 Å². The maximum absolute atomic E-state index is 12.4. The van der Waals surface area contributed by atoms with Crippen LogP contribution in [0.4, 0.5) is 0 Å². The Bertz CT molecular complexity index is 667. The maximum Gasteiger partial charge on any atom is 0.228 e. The molecule has 2 aromatic rings. The Labute approximate surface area is 153 Å². The van der Waals surface area contributed by atoms with Gasteiger partial charge in [0.15, 0.2) is 0 Å². The van der Waals surface area contributed by atoms with Gasteiger partial charge < -0.3 is 4.90 Å². The fourth-order valence-electron chi connectivity index (χ4n) is 3.07. The zero-order valence-electron chi connectivity index (χ0n) is 14.9. The molecule has 0 aliphatic carbocycles. The predicted octanol–water partition coefficient (Wildman–Crippen LogP) is 2.77. The molecule has 0 unspecified atom stereocenters. The number of rotatable bonds is 7. The predicted molar refractivity (Wildman–Crippen MR) is 101 cm³/mol. The van der Waals surface area contributed by atoms with Crippen LogP contribution in [0, 0.1) is 0 Å². The first kappa shape index (κ1) is 18.0. The number of carbonyl (C=O) groups excluding carboxylic acids is 1. The zero-order chi connectivity index (χ0) is 17.5. The van der Waals surface area contributed by atoms with E-state index < -0.39 is 0 Å². The topological polar surface area (TPSA) is 49.3 Å². The molecule has 0 radical (unpaired) electrons. The van der Waals surface area contributed by atoms with Crippen molar-refractivity contribution in [1.82, 2.24) is 19.8 Å². The molecule has 1 aliphatic heterocycles. The van der Waals surface area contributed by atoms with Gasteiger partial charge in [-0.05, 0) is 50.0 Å². The van der Waals surface area contributed by atoms with Crippen LogP contribution in [0.1, 0.15) is 35.5 Å². The molecule has 1 fully saturated rings. The van der Waals surface area contributed by atoms with E-state index in [0.717, 1.165) is 23.7 Å². The number of thiazole rings is 1. The summed E-state index contributed by atoms with van der Waals surface area (Å²) < 4.78 is 0. The molecule has 1 aliphatic rings. The highest BCUT2D eigenvalue weighted by atomic mass is 32.1. The minimum Gasteiger partial charge on any atom is -0.345 e. The van der Waals surface area contributed by atoms with Crippen LogP contribution in [0.5, 0.6) is 0 Å². The molecule has 0 atom stereocenters. The van der Waals surface area contributed by atoms with E-state index in [-0.39, 0.29) is 5.91 Å². The van der Waals surface area contributed by atoms with Crippen molar-refractivity contribution in [3.8, 4) is 0 Å². The molecule has 3 heterocycles. The number of likely N-dealkylation sites (tertiary alicyclic amines) is 1. The molecule has 0 spiro atoms. The second-order valence-corrected chi connectivity index (χ2v) is 7.61. The van der Waals surface area contributed by atoms with Gasteiger partial charge in [0, 0.05) is 31.4 Å². The molecule has 1 amide bonds. The molecule has 6 heteroatoms. The van der Waals surface area contributed by atoms with E-state index in [2.05, 4.69) is 14.9 Å². The molecule has 1 saturated heterocycles. The number of aromatic nitrogens is 2. The quantitative estimate of drug-likeness (QED) is 0.764. The standard InChI is InChI=1S/C19H26N4OS/c1-22(12-7-16-5-8-20-9-6-16)19(24)13-17-15-25-18(21-17)14-23-10-3-2-4-11-23/h5-6,8-9,15H,2-4,7,10-14H2,1H3. The highest BCUT2D eigenvalue weighted by Gasteiger charge is 2.15. The van der Waals surface area contributed by atoms with Crippen LogP contribution in [0.2, 0.25) is 0 Å². The highest BCUT2D eigenvalue weighted by molar-refractivity contribution is 7.09. The van der Waals surface area contributed by atoms with Crippen LogP contribution in [-0.2, 0) is 24.2 Å². The number of carbonyl (C=O) groups is 1. The van der Waals surface area contributed by atoms with Crippen LogP contribution in [0.15, 0.2) is 29.9 Å². The second-order valence-electron chi connectivity index (χ2n) is 6.67. The summed E-state index contributed by atoms with van der Waals surface area (Å²) in [6.45, 7) is 3.99. The average molecular weight is 359 g/mol. The maximum atomic E-state index is 12.4. The smallest absolute Gasteiger partial charge is 0.228 e. The van der Waals surface area contributed by atoms with Crippen LogP contribution in [-0.4, -0.2) is 52.4 Å². The lowest BCUT2D eigenvalue weighted by Gasteiger charge is -2.25. The number of pyridine rings is 1. The van der Waals surface area contributed by atoms with E-state index in [0.29, 0.717) is 13.0 Å². The highest BCUT2D eigenvalue weighted by Crippen LogP contribution is 2.17. The summed E-state index contributed by atoms with van der Waals surface area (Å²) in [6.07, 6.45) is 8.75. The number of amides is 1. The summed E-state index contributed by atoms with van der Waals surface area (Å²) in [5.41, 5.74) is 2.10. The number of hydrogen-bond donors (Lipinski definition) is 0.